The van der Waals surface area contributed by atoms with E-state index in [1.54, 1.807) is 6.07 Å². The van der Waals surface area contributed by atoms with Crippen LogP contribution in [0.5, 0.6) is 0 Å². The van der Waals surface area contributed by atoms with E-state index in [9.17, 15) is 13.2 Å². The van der Waals surface area contributed by atoms with E-state index in [1.165, 1.54) is 12.4 Å². The maximum atomic E-state index is 12.9. The van der Waals surface area contributed by atoms with Crippen LogP contribution in [0.4, 0.5) is 19.0 Å². The van der Waals surface area contributed by atoms with Gasteiger partial charge >= 0.3 is 6.18 Å². The highest BCUT2D eigenvalue weighted by atomic mass is 35.5. The van der Waals surface area contributed by atoms with Gasteiger partial charge in [-0.05, 0) is 49.0 Å². The molecule has 0 bridgehead atoms. The molecule has 0 aliphatic rings. The number of anilines is 1. The van der Waals surface area contributed by atoms with Crippen LogP contribution in [-0.2, 0) is 19.3 Å². The van der Waals surface area contributed by atoms with Gasteiger partial charge < -0.3 is 14.9 Å². The predicted octanol–water partition coefficient (Wildman–Crippen LogP) is 5.71. The zero-order valence-electron chi connectivity index (χ0n) is 15.2. The Balaban J connectivity index is 0.00000240. The number of rotatable bonds is 4. The third kappa shape index (κ3) is 4.06. The summed E-state index contributed by atoms with van der Waals surface area (Å²) in [6, 6.07) is 9.06. The van der Waals surface area contributed by atoms with Gasteiger partial charge in [0.2, 0.25) is 0 Å². The number of aryl methyl sites for hydroxylation is 1. The van der Waals surface area contributed by atoms with Gasteiger partial charge in [0.05, 0.1) is 22.1 Å². The van der Waals surface area contributed by atoms with Crippen molar-refractivity contribution in [2.45, 2.75) is 26.2 Å². The fourth-order valence-corrected chi connectivity index (χ4v) is 3.54. The van der Waals surface area contributed by atoms with Crippen LogP contribution in [0.3, 0.4) is 0 Å². The Morgan fingerprint density at radius 2 is 1.97 bits per heavy atom. The first kappa shape index (κ1) is 21.1. The topological polar surface area (TPSA) is 58.5 Å². The Morgan fingerprint density at radius 1 is 1.17 bits per heavy atom. The maximum Gasteiger partial charge on any atom is 0.416 e. The minimum atomic E-state index is -4.37. The minimum Gasteiger partial charge on any atom is -0.365 e. The lowest BCUT2D eigenvalue weighted by Gasteiger charge is -2.11. The lowest BCUT2D eigenvalue weighted by atomic mass is 10.1. The molecule has 0 aliphatic heterocycles. The number of imidazole rings is 1. The zero-order chi connectivity index (χ0) is 19.9. The van der Waals surface area contributed by atoms with Gasteiger partial charge in [0.15, 0.2) is 4.77 Å². The number of nitrogens with zero attached hydrogens (tertiary/aromatic N) is 3. The van der Waals surface area contributed by atoms with Gasteiger partial charge in [0.1, 0.15) is 12.1 Å². The van der Waals surface area contributed by atoms with Crippen LogP contribution in [0.2, 0.25) is 0 Å². The second kappa shape index (κ2) is 8.00. The van der Waals surface area contributed by atoms with Crippen molar-refractivity contribution < 1.29 is 13.2 Å². The number of aromatic nitrogens is 4. The van der Waals surface area contributed by atoms with Crippen molar-refractivity contribution in [2.24, 2.45) is 0 Å². The molecular formula is C19H17ClF3N5S. The monoisotopic (exact) mass is 439 g/mol. The number of halogens is 4. The van der Waals surface area contributed by atoms with Crippen molar-refractivity contribution >= 4 is 52.4 Å². The van der Waals surface area contributed by atoms with Gasteiger partial charge in [0, 0.05) is 18.5 Å². The molecule has 2 heterocycles. The third-order valence-corrected chi connectivity index (χ3v) is 4.88. The average molecular weight is 440 g/mol. The van der Waals surface area contributed by atoms with Crippen molar-refractivity contribution in [3.63, 3.8) is 0 Å². The molecule has 0 saturated heterocycles. The number of H-pyrrole nitrogens is 1. The molecule has 0 fully saturated rings. The van der Waals surface area contributed by atoms with Crippen LogP contribution in [0.15, 0.2) is 42.7 Å². The van der Waals surface area contributed by atoms with E-state index in [2.05, 4.69) is 20.3 Å². The summed E-state index contributed by atoms with van der Waals surface area (Å²) >= 11 is 5.34. The van der Waals surface area contributed by atoms with Gasteiger partial charge in [0.25, 0.3) is 0 Å². The van der Waals surface area contributed by atoms with Crippen LogP contribution in [0, 0.1) is 4.77 Å². The molecule has 0 unspecified atom stereocenters. The number of benzene rings is 2. The van der Waals surface area contributed by atoms with Crippen molar-refractivity contribution in [2.75, 3.05) is 5.32 Å². The molecule has 0 atom stereocenters. The standard InChI is InChI=1S/C19H16F3N5S.ClH/c1-2-27-16-8-14-13(7-15(16)26-18(27)28)17(25-10-24-14)23-9-11-4-3-5-12(6-11)19(20,21)22;/h3-8,10H,2,9H2,1H3,(H,26,28)(H,23,24,25);1H. The summed E-state index contributed by atoms with van der Waals surface area (Å²) in [6.07, 6.45) is -2.94. The molecule has 5 nitrogen and oxygen atoms in total. The first-order chi connectivity index (χ1) is 13.4. The van der Waals surface area contributed by atoms with Crippen LogP contribution < -0.4 is 5.32 Å². The molecule has 2 N–H and O–H groups in total. The van der Waals surface area contributed by atoms with Crippen LogP contribution in [-0.4, -0.2) is 19.5 Å². The average Bonchev–Trinajstić information content (AvgIpc) is 2.98. The third-order valence-electron chi connectivity index (χ3n) is 4.56. The smallest absolute Gasteiger partial charge is 0.365 e. The normalized spacial score (nSPS) is 11.6. The maximum absolute atomic E-state index is 12.9. The van der Waals surface area contributed by atoms with E-state index < -0.39 is 11.7 Å². The van der Waals surface area contributed by atoms with E-state index >= 15 is 0 Å². The van der Waals surface area contributed by atoms with Crippen molar-refractivity contribution in [3.05, 3.63) is 58.6 Å². The Morgan fingerprint density at radius 3 is 2.69 bits per heavy atom. The lowest BCUT2D eigenvalue weighted by Crippen LogP contribution is -2.07. The van der Waals surface area contributed by atoms with E-state index in [0.717, 1.165) is 40.6 Å². The highest BCUT2D eigenvalue weighted by molar-refractivity contribution is 7.71. The summed E-state index contributed by atoms with van der Waals surface area (Å²) in [6.45, 7) is 2.95. The molecule has 0 aliphatic carbocycles. The van der Waals surface area contributed by atoms with Crippen LogP contribution in [0.25, 0.3) is 21.9 Å². The van der Waals surface area contributed by atoms with Gasteiger partial charge in [-0.3, -0.25) is 0 Å². The molecule has 10 heteroatoms. The van der Waals surface area contributed by atoms with E-state index in [0.29, 0.717) is 16.2 Å². The molecule has 2 aromatic carbocycles. The summed E-state index contributed by atoms with van der Waals surface area (Å²) in [7, 11) is 0. The second-order valence-corrected chi connectivity index (χ2v) is 6.72. The number of nitrogens with one attached hydrogen (secondary N) is 2. The zero-order valence-corrected chi connectivity index (χ0v) is 16.9. The summed E-state index contributed by atoms with van der Waals surface area (Å²) < 4.78 is 41.3. The molecule has 29 heavy (non-hydrogen) atoms. The molecule has 4 rings (SSSR count). The van der Waals surface area contributed by atoms with Gasteiger partial charge in [-0.15, -0.1) is 12.4 Å². The number of alkyl halides is 3. The fourth-order valence-electron chi connectivity index (χ4n) is 3.21. The Labute approximate surface area is 175 Å². The van der Waals surface area contributed by atoms with Crippen molar-refractivity contribution in [1.29, 1.82) is 0 Å². The predicted molar refractivity (Wildman–Crippen MR) is 112 cm³/mol. The summed E-state index contributed by atoms with van der Waals surface area (Å²) in [5.74, 6) is 0.549. The molecule has 0 spiro atoms. The second-order valence-electron chi connectivity index (χ2n) is 6.33. The Kier molecular flexibility index (Phi) is 5.81. The van der Waals surface area contributed by atoms with Gasteiger partial charge in [-0.2, -0.15) is 13.2 Å². The molecule has 152 valence electrons. The van der Waals surface area contributed by atoms with Crippen molar-refractivity contribution in [3.8, 4) is 0 Å². The summed E-state index contributed by atoms with van der Waals surface area (Å²) in [4.78, 5) is 11.7. The number of fused-ring (bicyclic) bond motifs is 2. The first-order valence-corrected chi connectivity index (χ1v) is 9.05. The molecule has 4 aromatic rings. The molecule has 0 amide bonds. The summed E-state index contributed by atoms with van der Waals surface area (Å²) in [5.41, 5.74) is 2.37. The first-order valence-electron chi connectivity index (χ1n) is 8.64. The van der Waals surface area contributed by atoms with Crippen LogP contribution >= 0.6 is 24.6 Å². The van der Waals surface area contributed by atoms with E-state index in [4.69, 9.17) is 12.2 Å². The molecular weight excluding hydrogens is 423 g/mol. The van der Waals surface area contributed by atoms with E-state index in [-0.39, 0.29) is 19.0 Å². The largest absolute Gasteiger partial charge is 0.416 e. The Bertz CT molecular complexity index is 1230. The van der Waals surface area contributed by atoms with Gasteiger partial charge in [-0.1, -0.05) is 12.1 Å². The van der Waals surface area contributed by atoms with E-state index in [1.807, 2.05) is 23.6 Å². The SMILES string of the molecule is CCn1c(=S)[nH]c2cc3c(NCc4cccc(C(F)(F)F)c4)ncnc3cc21.Cl. The Hall–Kier alpha value is -2.65. The van der Waals surface area contributed by atoms with Crippen LogP contribution in [0.1, 0.15) is 18.1 Å². The lowest BCUT2D eigenvalue weighted by molar-refractivity contribution is -0.137. The van der Waals surface area contributed by atoms with Gasteiger partial charge in [-0.25, -0.2) is 9.97 Å². The summed E-state index contributed by atoms with van der Waals surface area (Å²) in [5, 5.41) is 3.88. The number of hydrogen-bond donors (Lipinski definition) is 2. The molecule has 0 saturated carbocycles. The highest BCUT2D eigenvalue weighted by Crippen LogP contribution is 2.30. The fraction of sp³-hybridized carbons (Fsp3) is 0.211. The number of aromatic amines is 1. The molecule has 0 radical (unpaired) electrons. The molecule has 2 aromatic heterocycles. The minimum absolute atomic E-state index is 0. The number of hydrogen-bond acceptors (Lipinski definition) is 4. The van der Waals surface area contributed by atoms with Crippen molar-refractivity contribution in [1.82, 2.24) is 19.5 Å². The highest BCUT2D eigenvalue weighted by Gasteiger charge is 2.30. The quantitative estimate of drug-likeness (QED) is 0.399.